The maximum atomic E-state index is 11.1. The maximum absolute atomic E-state index is 11.1. The number of aliphatic hydroxyl groups excluding tert-OH is 1. The molecule has 20 heavy (non-hydrogen) atoms. The number of anilines is 1. The van der Waals surface area contributed by atoms with E-state index in [1.807, 2.05) is 11.9 Å². The van der Waals surface area contributed by atoms with Crippen molar-refractivity contribution in [3.63, 3.8) is 0 Å². The molecule has 6 heteroatoms. The van der Waals surface area contributed by atoms with Gasteiger partial charge in [0.15, 0.2) is 0 Å². The summed E-state index contributed by atoms with van der Waals surface area (Å²) >= 11 is 0. The first-order valence-corrected chi connectivity index (χ1v) is 6.79. The number of hydrogen-bond acceptors (Lipinski definition) is 5. The second-order valence-corrected chi connectivity index (χ2v) is 5.17. The van der Waals surface area contributed by atoms with E-state index >= 15 is 0 Å². The summed E-state index contributed by atoms with van der Waals surface area (Å²) in [5, 5.41) is 20.3. The van der Waals surface area contributed by atoms with Crippen molar-refractivity contribution < 1.29 is 14.8 Å². The Bertz CT molecular complexity index is 472. The lowest BCUT2D eigenvalue weighted by molar-refractivity contribution is -0.384. The fraction of sp³-hybridized carbons (Fsp3) is 0.571. The first-order chi connectivity index (χ1) is 9.61. The molecule has 0 saturated carbocycles. The Kier molecular flexibility index (Phi) is 4.92. The highest BCUT2D eigenvalue weighted by atomic mass is 16.6. The zero-order valence-corrected chi connectivity index (χ0v) is 11.6. The molecule has 0 amide bonds. The second kappa shape index (κ2) is 6.67. The summed E-state index contributed by atoms with van der Waals surface area (Å²) in [7, 11) is 1.86. The summed E-state index contributed by atoms with van der Waals surface area (Å²) in [6, 6.07) is 4.74. The van der Waals surface area contributed by atoms with Crippen LogP contribution in [0.4, 0.5) is 11.4 Å². The molecular formula is C14H20N2O4. The van der Waals surface area contributed by atoms with Crippen LogP contribution in [0, 0.1) is 16.0 Å². The van der Waals surface area contributed by atoms with E-state index in [-0.39, 0.29) is 17.2 Å². The number of benzene rings is 1. The molecule has 1 aromatic rings. The number of nitrogens with zero attached hydrogens (tertiary/aromatic N) is 2. The third-order valence-corrected chi connectivity index (χ3v) is 3.70. The summed E-state index contributed by atoms with van der Waals surface area (Å²) in [6.07, 6.45) is 1.97. The lowest BCUT2D eigenvalue weighted by atomic mass is 9.99. The fourth-order valence-corrected chi connectivity index (χ4v) is 2.54. The van der Waals surface area contributed by atoms with Gasteiger partial charge in [0, 0.05) is 32.9 Å². The lowest BCUT2D eigenvalue weighted by Crippen LogP contribution is -2.30. The highest BCUT2D eigenvalue weighted by Crippen LogP contribution is 2.30. The van der Waals surface area contributed by atoms with Crippen molar-refractivity contribution in [1.82, 2.24) is 0 Å². The number of nitro groups is 1. The van der Waals surface area contributed by atoms with Crippen LogP contribution < -0.4 is 4.90 Å². The van der Waals surface area contributed by atoms with Crippen LogP contribution in [0.2, 0.25) is 0 Å². The number of rotatable bonds is 5. The summed E-state index contributed by atoms with van der Waals surface area (Å²) in [5.74, 6) is 0.492. The molecule has 1 saturated heterocycles. The van der Waals surface area contributed by atoms with Crippen LogP contribution in [0.1, 0.15) is 18.4 Å². The minimum Gasteiger partial charge on any atom is -0.392 e. The molecular weight excluding hydrogens is 260 g/mol. The van der Waals surface area contributed by atoms with Crippen LogP contribution in [-0.2, 0) is 11.3 Å². The van der Waals surface area contributed by atoms with Crippen molar-refractivity contribution in [2.75, 3.05) is 31.7 Å². The molecule has 0 atom stereocenters. The summed E-state index contributed by atoms with van der Waals surface area (Å²) in [6.45, 7) is 2.17. The number of ether oxygens (including phenoxy) is 1. The zero-order chi connectivity index (χ0) is 14.5. The van der Waals surface area contributed by atoms with Crippen LogP contribution >= 0.6 is 0 Å². The van der Waals surface area contributed by atoms with E-state index in [1.165, 1.54) is 6.07 Å². The van der Waals surface area contributed by atoms with Gasteiger partial charge in [-0.3, -0.25) is 10.1 Å². The quantitative estimate of drug-likeness (QED) is 0.659. The van der Waals surface area contributed by atoms with E-state index in [1.54, 1.807) is 12.1 Å². The van der Waals surface area contributed by atoms with Crippen LogP contribution in [0.25, 0.3) is 0 Å². The van der Waals surface area contributed by atoms with E-state index < -0.39 is 0 Å². The summed E-state index contributed by atoms with van der Waals surface area (Å²) in [4.78, 5) is 12.6. The smallest absolute Gasteiger partial charge is 0.292 e. The Morgan fingerprint density at radius 2 is 2.15 bits per heavy atom. The lowest BCUT2D eigenvalue weighted by Gasteiger charge is -2.28. The van der Waals surface area contributed by atoms with Crippen molar-refractivity contribution in [3.8, 4) is 0 Å². The maximum Gasteiger partial charge on any atom is 0.292 e. The Hall–Kier alpha value is -1.66. The molecule has 1 heterocycles. The van der Waals surface area contributed by atoms with Gasteiger partial charge >= 0.3 is 0 Å². The van der Waals surface area contributed by atoms with Crippen molar-refractivity contribution in [2.45, 2.75) is 19.4 Å². The molecule has 1 aliphatic rings. The Morgan fingerprint density at radius 3 is 2.75 bits per heavy atom. The molecule has 0 bridgehead atoms. The first-order valence-electron chi connectivity index (χ1n) is 6.79. The Morgan fingerprint density at radius 1 is 1.45 bits per heavy atom. The van der Waals surface area contributed by atoms with Gasteiger partial charge < -0.3 is 14.7 Å². The van der Waals surface area contributed by atoms with Crippen molar-refractivity contribution in [1.29, 1.82) is 0 Å². The number of nitro benzene ring substituents is 1. The van der Waals surface area contributed by atoms with Gasteiger partial charge in [-0.15, -0.1) is 0 Å². The predicted molar refractivity (Wildman–Crippen MR) is 75.8 cm³/mol. The average molecular weight is 280 g/mol. The third-order valence-electron chi connectivity index (χ3n) is 3.70. The van der Waals surface area contributed by atoms with E-state index in [2.05, 4.69) is 0 Å². The second-order valence-electron chi connectivity index (χ2n) is 5.17. The van der Waals surface area contributed by atoms with Gasteiger partial charge in [-0.05, 0) is 36.5 Å². The minimum atomic E-state index is -0.378. The fourth-order valence-electron chi connectivity index (χ4n) is 2.54. The Labute approximate surface area is 118 Å². The molecule has 0 spiro atoms. The molecule has 1 aromatic carbocycles. The van der Waals surface area contributed by atoms with Crippen LogP contribution in [0.15, 0.2) is 18.2 Å². The number of hydrogen-bond donors (Lipinski definition) is 1. The molecule has 110 valence electrons. The third kappa shape index (κ3) is 3.46. The summed E-state index contributed by atoms with van der Waals surface area (Å²) < 4.78 is 5.33. The zero-order valence-electron chi connectivity index (χ0n) is 11.6. The molecule has 6 nitrogen and oxygen atoms in total. The van der Waals surface area contributed by atoms with E-state index in [4.69, 9.17) is 4.74 Å². The van der Waals surface area contributed by atoms with E-state index in [0.29, 0.717) is 17.2 Å². The van der Waals surface area contributed by atoms with Gasteiger partial charge in [-0.1, -0.05) is 0 Å². The van der Waals surface area contributed by atoms with Gasteiger partial charge in [-0.25, -0.2) is 0 Å². The van der Waals surface area contributed by atoms with E-state index in [0.717, 1.165) is 32.6 Å². The van der Waals surface area contributed by atoms with Gasteiger partial charge in [0.05, 0.1) is 11.5 Å². The van der Waals surface area contributed by atoms with Crippen LogP contribution in [0.5, 0.6) is 0 Å². The molecule has 0 aromatic heterocycles. The molecule has 0 aliphatic carbocycles. The van der Waals surface area contributed by atoms with Gasteiger partial charge in [0.2, 0.25) is 0 Å². The average Bonchev–Trinajstić information content (AvgIpc) is 2.47. The molecule has 1 aliphatic heterocycles. The molecule has 0 radical (unpaired) electrons. The normalized spacial score (nSPS) is 16.1. The van der Waals surface area contributed by atoms with Gasteiger partial charge in [0.25, 0.3) is 5.69 Å². The Balaban J connectivity index is 2.17. The highest BCUT2D eigenvalue weighted by Gasteiger charge is 2.21. The standard InChI is InChI=1S/C14H20N2O4/c1-15(9-11-4-6-20-7-5-11)14-8-12(10-17)2-3-13(14)16(18)19/h2-3,8,11,17H,4-7,9-10H2,1H3. The van der Waals surface area contributed by atoms with Gasteiger partial charge in [-0.2, -0.15) is 0 Å². The minimum absolute atomic E-state index is 0.0803. The van der Waals surface area contributed by atoms with E-state index in [9.17, 15) is 15.2 Å². The van der Waals surface area contributed by atoms with Gasteiger partial charge in [0.1, 0.15) is 5.69 Å². The van der Waals surface area contributed by atoms with Crippen molar-refractivity contribution in [3.05, 3.63) is 33.9 Å². The number of aliphatic hydroxyl groups is 1. The SMILES string of the molecule is CN(CC1CCOCC1)c1cc(CO)ccc1[N+](=O)[O-]. The van der Waals surface area contributed by atoms with Crippen molar-refractivity contribution in [2.24, 2.45) is 5.92 Å². The molecule has 1 fully saturated rings. The monoisotopic (exact) mass is 280 g/mol. The summed E-state index contributed by atoms with van der Waals surface area (Å²) in [5.41, 5.74) is 1.33. The molecule has 2 rings (SSSR count). The van der Waals surface area contributed by atoms with Crippen LogP contribution in [-0.4, -0.2) is 36.8 Å². The molecule has 1 N–H and O–H groups in total. The topological polar surface area (TPSA) is 75.8 Å². The largest absolute Gasteiger partial charge is 0.392 e. The first kappa shape index (κ1) is 14.7. The van der Waals surface area contributed by atoms with Crippen LogP contribution in [0.3, 0.4) is 0 Å². The predicted octanol–water partition coefficient (Wildman–Crippen LogP) is 1.95. The van der Waals surface area contributed by atoms with Crippen molar-refractivity contribution >= 4 is 11.4 Å². The molecule has 0 unspecified atom stereocenters. The highest BCUT2D eigenvalue weighted by molar-refractivity contribution is 5.64.